The standard InChI is InChI=1S/C13H19F2N/c1-4-7-16-10(3)9(2)11-5-6-12(14)13(15)8-11/h5-6,8-10,16H,4,7H2,1-3H3. The molecule has 0 spiro atoms. The van der Waals surface area contributed by atoms with Crippen molar-refractivity contribution in [2.24, 2.45) is 0 Å². The molecule has 3 heteroatoms. The smallest absolute Gasteiger partial charge is 0.159 e. The quantitative estimate of drug-likeness (QED) is 0.812. The van der Waals surface area contributed by atoms with Crippen LogP contribution in [0.3, 0.4) is 0 Å². The first-order valence-corrected chi connectivity index (χ1v) is 5.74. The van der Waals surface area contributed by atoms with Gasteiger partial charge >= 0.3 is 0 Å². The molecule has 2 unspecified atom stereocenters. The van der Waals surface area contributed by atoms with Crippen molar-refractivity contribution < 1.29 is 8.78 Å². The number of rotatable bonds is 5. The maximum Gasteiger partial charge on any atom is 0.159 e. The van der Waals surface area contributed by atoms with Gasteiger partial charge in [-0.25, -0.2) is 8.78 Å². The second kappa shape index (κ2) is 5.94. The molecule has 90 valence electrons. The molecule has 0 aliphatic rings. The maximum absolute atomic E-state index is 13.1. The van der Waals surface area contributed by atoms with Crippen molar-refractivity contribution in [3.63, 3.8) is 0 Å². The zero-order valence-electron chi connectivity index (χ0n) is 10.1. The first-order valence-electron chi connectivity index (χ1n) is 5.74. The minimum Gasteiger partial charge on any atom is -0.314 e. The van der Waals surface area contributed by atoms with E-state index in [0.717, 1.165) is 18.5 Å². The van der Waals surface area contributed by atoms with Crippen molar-refractivity contribution in [1.29, 1.82) is 0 Å². The van der Waals surface area contributed by atoms with Crippen LogP contribution < -0.4 is 5.32 Å². The molecule has 1 aromatic rings. The largest absolute Gasteiger partial charge is 0.314 e. The lowest BCUT2D eigenvalue weighted by molar-refractivity contribution is 0.472. The molecule has 16 heavy (non-hydrogen) atoms. The molecule has 0 aliphatic carbocycles. The second-order valence-corrected chi connectivity index (χ2v) is 4.21. The molecule has 0 bridgehead atoms. The van der Waals surface area contributed by atoms with Crippen LogP contribution in [0.2, 0.25) is 0 Å². The third-order valence-corrected chi connectivity index (χ3v) is 2.94. The van der Waals surface area contributed by atoms with Crippen molar-refractivity contribution in [2.45, 2.75) is 39.2 Å². The molecule has 0 aliphatic heterocycles. The van der Waals surface area contributed by atoms with E-state index in [4.69, 9.17) is 0 Å². The maximum atomic E-state index is 13.1. The topological polar surface area (TPSA) is 12.0 Å². The van der Waals surface area contributed by atoms with E-state index in [1.54, 1.807) is 6.07 Å². The molecule has 0 radical (unpaired) electrons. The average Bonchev–Trinajstić information content (AvgIpc) is 2.28. The van der Waals surface area contributed by atoms with Gasteiger partial charge in [-0.15, -0.1) is 0 Å². The van der Waals surface area contributed by atoms with E-state index < -0.39 is 11.6 Å². The number of hydrogen-bond donors (Lipinski definition) is 1. The van der Waals surface area contributed by atoms with E-state index >= 15 is 0 Å². The zero-order chi connectivity index (χ0) is 12.1. The average molecular weight is 227 g/mol. The molecule has 0 saturated carbocycles. The number of halogens is 2. The molecular weight excluding hydrogens is 208 g/mol. The van der Waals surface area contributed by atoms with Crippen LogP contribution in [-0.4, -0.2) is 12.6 Å². The van der Waals surface area contributed by atoms with Gasteiger partial charge in [0.05, 0.1) is 0 Å². The molecule has 0 heterocycles. The molecule has 1 rings (SSSR count). The van der Waals surface area contributed by atoms with E-state index in [0.29, 0.717) is 0 Å². The highest BCUT2D eigenvalue weighted by molar-refractivity contribution is 5.22. The van der Waals surface area contributed by atoms with Crippen LogP contribution in [0.1, 0.15) is 38.7 Å². The van der Waals surface area contributed by atoms with E-state index in [2.05, 4.69) is 19.2 Å². The molecule has 1 nitrogen and oxygen atoms in total. The molecule has 0 amide bonds. The Labute approximate surface area is 95.9 Å². The molecular formula is C13H19F2N. The van der Waals surface area contributed by atoms with Gasteiger partial charge in [0.15, 0.2) is 11.6 Å². The second-order valence-electron chi connectivity index (χ2n) is 4.21. The number of nitrogens with one attached hydrogen (secondary N) is 1. The fourth-order valence-electron chi connectivity index (χ4n) is 1.63. The predicted octanol–water partition coefficient (Wildman–Crippen LogP) is 3.46. The Morgan fingerprint density at radius 3 is 2.44 bits per heavy atom. The molecule has 1 N–H and O–H groups in total. The fourth-order valence-corrected chi connectivity index (χ4v) is 1.63. The van der Waals surface area contributed by atoms with Crippen LogP contribution in [0, 0.1) is 11.6 Å². The Balaban J connectivity index is 2.71. The van der Waals surface area contributed by atoms with Crippen LogP contribution in [0.15, 0.2) is 18.2 Å². The third-order valence-electron chi connectivity index (χ3n) is 2.94. The van der Waals surface area contributed by atoms with Crippen LogP contribution in [-0.2, 0) is 0 Å². The summed E-state index contributed by atoms with van der Waals surface area (Å²) < 4.78 is 25.8. The lowest BCUT2D eigenvalue weighted by atomic mass is 9.94. The molecule has 1 aromatic carbocycles. The Morgan fingerprint density at radius 1 is 1.19 bits per heavy atom. The Morgan fingerprint density at radius 2 is 1.88 bits per heavy atom. The van der Waals surface area contributed by atoms with Crippen LogP contribution in [0.25, 0.3) is 0 Å². The van der Waals surface area contributed by atoms with Crippen molar-refractivity contribution in [3.8, 4) is 0 Å². The lowest BCUT2D eigenvalue weighted by Gasteiger charge is -2.21. The van der Waals surface area contributed by atoms with E-state index in [1.165, 1.54) is 12.1 Å². The first kappa shape index (κ1) is 13.1. The normalized spacial score (nSPS) is 14.8. The number of hydrogen-bond acceptors (Lipinski definition) is 1. The van der Waals surface area contributed by atoms with Crippen molar-refractivity contribution >= 4 is 0 Å². The first-order chi connectivity index (χ1) is 7.56. The van der Waals surface area contributed by atoms with E-state index in [-0.39, 0.29) is 12.0 Å². The minimum atomic E-state index is -0.787. The van der Waals surface area contributed by atoms with E-state index in [9.17, 15) is 8.78 Å². The monoisotopic (exact) mass is 227 g/mol. The van der Waals surface area contributed by atoms with Gasteiger partial charge in [-0.3, -0.25) is 0 Å². The zero-order valence-corrected chi connectivity index (χ0v) is 10.1. The summed E-state index contributed by atoms with van der Waals surface area (Å²) in [6.45, 7) is 7.11. The molecule has 2 atom stereocenters. The summed E-state index contributed by atoms with van der Waals surface area (Å²) in [6.07, 6.45) is 1.06. The molecule has 0 fully saturated rings. The fraction of sp³-hybridized carbons (Fsp3) is 0.538. The van der Waals surface area contributed by atoms with Crippen LogP contribution in [0.5, 0.6) is 0 Å². The highest BCUT2D eigenvalue weighted by Gasteiger charge is 2.15. The Hall–Kier alpha value is -0.960. The van der Waals surface area contributed by atoms with E-state index in [1.807, 2.05) is 6.92 Å². The summed E-state index contributed by atoms with van der Waals surface area (Å²) in [4.78, 5) is 0. The summed E-state index contributed by atoms with van der Waals surface area (Å²) in [5.41, 5.74) is 0.829. The van der Waals surface area contributed by atoms with Gasteiger partial charge in [0.1, 0.15) is 0 Å². The molecule has 0 aromatic heterocycles. The van der Waals surface area contributed by atoms with Crippen molar-refractivity contribution in [3.05, 3.63) is 35.4 Å². The van der Waals surface area contributed by atoms with Gasteiger partial charge in [0, 0.05) is 6.04 Å². The summed E-state index contributed by atoms with van der Waals surface area (Å²) in [5, 5.41) is 3.35. The highest BCUT2D eigenvalue weighted by Crippen LogP contribution is 2.21. The summed E-state index contributed by atoms with van der Waals surface area (Å²) >= 11 is 0. The van der Waals surface area contributed by atoms with Gasteiger partial charge in [0.2, 0.25) is 0 Å². The van der Waals surface area contributed by atoms with Gasteiger partial charge in [-0.2, -0.15) is 0 Å². The predicted molar refractivity (Wildman–Crippen MR) is 62.5 cm³/mol. The summed E-state index contributed by atoms with van der Waals surface area (Å²) in [5.74, 6) is -1.39. The van der Waals surface area contributed by atoms with Gasteiger partial charge in [-0.05, 0) is 43.5 Å². The third kappa shape index (κ3) is 3.27. The lowest BCUT2D eigenvalue weighted by Crippen LogP contribution is -2.31. The molecule has 0 saturated heterocycles. The van der Waals surface area contributed by atoms with Gasteiger partial charge in [0.25, 0.3) is 0 Å². The summed E-state index contributed by atoms with van der Waals surface area (Å²) in [7, 11) is 0. The minimum absolute atomic E-state index is 0.168. The Kier molecular flexibility index (Phi) is 4.87. The van der Waals surface area contributed by atoms with Crippen molar-refractivity contribution in [1.82, 2.24) is 5.32 Å². The summed E-state index contributed by atoms with van der Waals surface area (Å²) in [6, 6.07) is 4.37. The highest BCUT2D eigenvalue weighted by atomic mass is 19.2. The van der Waals surface area contributed by atoms with Gasteiger partial charge < -0.3 is 5.32 Å². The van der Waals surface area contributed by atoms with Crippen LogP contribution >= 0.6 is 0 Å². The van der Waals surface area contributed by atoms with Crippen molar-refractivity contribution in [2.75, 3.05) is 6.54 Å². The van der Waals surface area contributed by atoms with Gasteiger partial charge in [-0.1, -0.05) is 19.9 Å². The SMILES string of the molecule is CCCNC(C)C(C)c1ccc(F)c(F)c1. The van der Waals surface area contributed by atoms with Crippen LogP contribution in [0.4, 0.5) is 8.78 Å². The number of benzene rings is 1. The Bertz CT molecular complexity index is 339.